The van der Waals surface area contributed by atoms with Crippen LogP contribution >= 0.6 is 15.9 Å². The van der Waals surface area contributed by atoms with E-state index in [9.17, 15) is 0 Å². The van der Waals surface area contributed by atoms with E-state index in [2.05, 4.69) is 33.3 Å². The molecule has 0 aromatic carbocycles. The molecule has 1 aromatic heterocycles. The number of nitrogens with zero attached hydrogens (tertiary/aromatic N) is 2. The quantitative estimate of drug-likeness (QED) is 0.662. The van der Waals surface area contributed by atoms with E-state index in [1.807, 2.05) is 10.9 Å². The molecule has 0 amide bonds. The van der Waals surface area contributed by atoms with E-state index in [1.165, 1.54) is 5.69 Å². The summed E-state index contributed by atoms with van der Waals surface area (Å²) < 4.78 is 13.2. The minimum atomic E-state index is 0.547. The molecular formula is C13H24BrN3O2. The fraction of sp³-hybridized carbons (Fsp3) is 0.769. The standard InChI is InChI=1S/C13H24BrN3O2/c1-11(9-15-4-6-18-2)8-13-12(14)10-16-17(13)5-7-19-3/h10-11,15H,4-9H2,1-3H3. The zero-order valence-corrected chi connectivity index (χ0v) is 13.6. The Morgan fingerprint density at radius 2 is 2.11 bits per heavy atom. The SMILES string of the molecule is COCCNCC(C)Cc1c(Br)cnn1CCOC. The summed E-state index contributed by atoms with van der Waals surface area (Å²) in [4.78, 5) is 0. The summed E-state index contributed by atoms with van der Waals surface area (Å²) in [6.07, 6.45) is 2.85. The van der Waals surface area contributed by atoms with Gasteiger partial charge in [0.15, 0.2) is 0 Å². The third-order valence-corrected chi connectivity index (χ3v) is 3.58. The van der Waals surface area contributed by atoms with Gasteiger partial charge in [-0.25, -0.2) is 0 Å². The van der Waals surface area contributed by atoms with Crippen LogP contribution in [0.5, 0.6) is 0 Å². The van der Waals surface area contributed by atoms with Crippen molar-refractivity contribution in [2.24, 2.45) is 5.92 Å². The highest BCUT2D eigenvalue weighted by Gasteiger charge is 2.12. The van der Waals surface area contributed by atoms with Gasteiger partial charge < -0.3 is 14.8 Å². The van der Waals surface area contributed by atoms with E-state index >= 15 is 0 Å². The lowest BCUT2D eigenvalue weighted by Crippen LogP contribution is -2.26. The lowest BCUT2D eigenvalue weighted by atomic mass is 10.1. The van der Waals surface area contributed by atoms with Crippen LogP contribution in [-0.2, 0) is 22.4 Å². The summed E-state index contributed by atoms with van der Waals surface area (Å²) in [5, 5.41) is 7.75. The van der Waals surface area contributed by atoms with Crippen molar-refractivity contribution in [3.8, 4) is 0 Å². The Hall–Kier alpha value is -0.430. The van der Waals surface area contributed by atoms with Gasteiger partial charge in [-0.15, -0.1) is 0 Å². The van der Waals surface area contributed by atoms with Crippen LogP contribution in [-0.4, -0.2) is 50.3 Å². The van der Waals surface area contributed by atoms with Crippen LogP contribution in [0.25, 0.3) is 0 Å². The fourth-order valence-electron chi connectivity index (χ4n) is 1.89. The van der Waals surface area contributed by atoms with Crippen molar-refractivity contribution in [1.82, 2.24) is 15.1 Å². The largest absolute Gasteiger partial charge is 0.383 e. The summed E-state index contributed by atoms with van der Waals surface area (Å²) in [5.74, 6) is 0.547. The number of methoxy groups -OCH3 is 2. The fourth-order valence-corrected chi connectivity index (χ4v) is 2.34. The van der Waals surface area contributed by atoms with Gasteiger partial charge in [0.05, 0.1) is 36.1 Å². The van der Waals surface area contributed by atoms with Crippen LogP contribution < -0.4 is 5.32 Å². The maximum absolute atomic E-state index is 5.10. The van der Waals surface area contributed by atoms with Crippen molar-refractivity contribution >= 4 is 15.9 Å². The Morgan fingerprint density at radius 3 is 2.79 bits per heavy atom. The van der Waals surface area contributed by atoms with Crippen LogP contribution in [0.15, 0.2) is 10.7 Å². The highest BCUT2D eigenvalue weighted by molar-refractivity contribution is 9.10. The maximum Gasteiger partial charge on any atom is 0.0658 e. The Balaban J connectivity index is 2.43. The molecule has 0 aliphatic carbocycles. The molecule has 0 saturated heterocycles. The lowest BCUT2D eigenvalue weighted by molar-refractivity contribution is 0.182. The number of hydrogen-bond acceptors (Lipinski definition) is 4. The van der Waals surface area contributed by atoms with E-state index < -0.39 is 0 Å². The van der Waals surface area contributed by atoms with Crippen molar-refractivity contribution in [1.29, 1.82) is 0 Å². The number of nitrogens with one attached hydrogen (secondary N) is 1. The van der Waals surface area contributed by atoms with Gasteiger partial charge in [-0.2, -0.15) is 5.10 Å². The molecule has 0 radical (unpaired) electrons. The normalized spacial score (nSPS) is 12.8. The first-order valence-electron chi connectivity index (χ1n) is 6.57. The Labute approximate surface area is 123 Å². The van der Waals surface area contributed by atoms with E-state index in [4.69, 9.17) is 9.47 Å². The van der Waals surface area contributed by atoms with E-state index in [1.54, 1.807) is 14.2 Å². The molecule has 1 atom stereocenters. The summed E-state index contributed by atoms with van der Waals surface area (Å²) in [7, 11) is 3.43. The molecule has 0 spiro atoms. The number of hydrogen-bond donors (Lipinski definition) is 1. The number of rotatable bonds is 10. The molecule has 0 aliphatic rings. The van der Waals surface area contributed by atoms with Gasteiger partial charge in [0.1, 0.15) is 0 Å². The molecule has 0 fully saturated rings. The monoisotopic (exact) mass is 333 g/mol. The van der Waals surface area contributed by atoms with E-state index in [-0.39, 0.29) is 0 Å². The van der Waals surface area contributed by atoms with Crippen molar-refractivity contribution in [2.75, 3.05) is 40.5 Å². The van der Waals surface area contributed by atoms with Crippen molar-refractivity contribution in [3.05, 3.63) is 16.4 Å². The first-order chi connectivity index (χ1) is 9.19. The Morgan fingerprint density at radius 1 is 1.37 bits per heavy atom. The molecule has 0 saturated carbocycles. The third kappa shape index (κ3) is 6.03. The molecule has 1 rings (SSSR count). The summed E-state index contributed by atoms with van der Waals surface area (Å²) in [6.45, 7) is 6.33. The first-order valence-corrected chi connectivity index (χ1v) is 7.37. The maximum atomic E-state index is 5.10. The smallest absolute Gasteiger partial charge is 0.0658 e. The van der Waals surface area contributed by atoms with Crippen LogP contribution in [0, 0.1) is 5.92 Å². The van der Waals surface area contributed by atoms with Crippen LogP contribution in [0.2, 0.25) is 0 Å². The summed E-state index contributed by atoms with van der Waals surface area (Å²) in [5.41, 5.74) is 1.23. The Kier molecular flexibility index (Phi) is 8.29. The molecule has 1 N–H and O–H groups in total. The summed E-state index contributed by atoms with van der Waals surface area (Å²) >= 11 is 3.57. The molecule has 110 valence electrons. The summed E-state index contributed by atoms with van der Waals surface area (Å²) in [6, 6.07) is 0. The van der Waals surface area contributed by atoms with Gasteiger partial charge in [-0.05, 0) is 34.8 Å². The highest BCUT2D eigenvalue weighted by atomic mass is 79.9. The van der Waals surface area contributed by atoms with E-state index in [0.717, 1.165) is 37.1 Å². The molecule has 1 heterocycles. The van der Waals surface area contributed by atoms with Crippen molar-refractivity contribution in [3.63, 3.8) is 0 Å². The number of halogens is 1. The lowest BCUT2D eigenvalue weighted by Gasteiger charge is -2.14. The second-order valence-electron chi connectivity index (χ2n) is 4.66. The van der Waals surface area contributed by atoms with Gasteiger partial charge in [0, 0.05) is 20.8 Å². The van der Waals surface area contributed by atoms with Crippen molar-refractivity contribution in [2.45, 2.75) is 19.9 Å². The third-order valence-electron chi connectivity index (χ3n) is 2.92. The average molecular weight is 334 g/mol. The molecular weight excluding hydrogens is 310 g/mol. The average Bonchev–Trinajstić information content (AvgIpc) is 2.74. The second kappa shape index (κ2) is 9.47. The number of ether oxygens (including phenoxy) is 2. The highest BCUT2D eigenvalue weighted by Crippen LogP contribution is 2.19. The van der Waals surface area contributed by atoms with E-state index in [0.29, 0.717) is 12.5 Å². The molecule has 6 heteroatoms. The second-order valence-corrected chi connectivity index (χ2v) is 5.52. The molecule has 0 aliphatic heterocycles. The van der Waals surface area contributed by atoms with Crippen LogP contribution in [0.1, 0.15) is 12.6 Å². The molecule has 5 nitrogen and oxygen atoms in total. The predicted octanol–water partition coefficient (Wildman–Crippen LogP) is 1.71. The van der Waals surface area contributed by atoms with Crippen molar-refractivity contribution < 1.29 is 9.47 Å². The minimum Gasteiger partial charge on any atom is -0.383 e. The molecule has 0 bridgehead atoms. The first kappa shape index (κ1) is 16.6. The Bertz CT molecular complexity index is 358. The molecule has 19 heavy (non-hydrogen) atoms. The van der Waals surface area contributed by atoms with Gasteiger partial charge in [0.2, 0.25) is 0 Å². The van der Waals surface area contributed by atoms with Crippen LogP contribution in [0.4, 0.5) is 0 Å². The zero-order chi connectivity index (χ0) is 14.1. The van der Waals surface area contributed by atoms with Crippen LogP contribution in [0.3, 0.4) is 0 Å². The topological polar surface area (TPSA) is 48.3 Å². The van der Waals surface area contributed by atoms with Gasteiger partial charge >= 0.3 is 0 Å². The zero-order valence-electron chi connectivity index (χ0n) is 12.0. The predicted molar refractivity (Wildman–Crippen MR) is 79.4 cm³/mol. The van der Waals surface area contributed by atoms with Gasteiger partial charge in [0.25, 0.3) is 0 Å². The molecule has 1 aromatic rings. The number of aromatic nitrogens is 2. The minimum absolute atomic E-state index is 0.547. The van der Waals surface area contributed by atoms with Gasteiger partial charge in [-0.1, -0.05) is 6.92 Å². The van der Waals surface area contributed by atoms with Gasteiger partial charge in [-0.3, -0.25) is 4.68 Å². The molecule has 1 unspecified atom stereocenters.